The molecule has 0 atom stereocenters. The van der Waals surface area contributed by atoms with Crippen LogP contribution in [0.3, 0.4) is 0 Å². The summed E-state index contributed by atoms with van der Waals surface area (Å²) < 4.78 is 8.19. The van der Waals surface area contributed by atoms with E-state index < -0.39 is 0 Å². The number of nitrogens with zero attached hydrogens (tertiary/aromatic N) is 3. The molecule has 172 valence electrons. The number of allylic oxidation sites excluding steroid dienone is 1. The lowest BCUT2D eigenvalue weighted by Crippen LogP contribution is -2.01. The lowest BCUT2D eigenvalue weighted by atomic mass is 9.93. The van der Waals surface area contributed by atoms with E-state index in [0.29, 0.717) is 12.5 Å². The van der Waals surface area contributed by atoms with E-state index in [4.69, 9.17) is 9.84 Å². The first kappa shape index (κ1) is 22.0. The summed E-state index contributed by atoms with van der Waals surface area (Å²) >= 11 is 0. The Balaban J connectivity index is 1.37. The topological polar surface area (TPSA) is 52.0 Å². The van der Waals surface area contributed by atoms with Crippen LogP contribution in [0.5, 0.6) is 5.75 Å². The fourth-order valence-corrected chi connectivity index (χ4v) is 4.60. The monoisotopic (exact) mass is 450 g/mol. The smallest absolute Gasteiger partial charge is 0.133 e. The molecule has 0 aliphatic carbocycles. The molecule has 3 heterocycles. The molecule has 1 aliphatic rings. The van der Waals surface area contributed by atoms with Gasteiger partial charge in [0.2, 0.25) is 0 Å². The van der Waals surface area contributed by atoms with Crippen molar-refractivity contribution in [2.24, 2.45) is 0 Å². The number of anilines is 1. The molecule has 4 aromatic rings. The van der Waals surface area contributed by atoms with Crippen molar-refractivity contribution in [2.75, 3.05) is 11.9 Å². The summed E-state index contributed by atoms with van der Waals surface area (Å²) in [5, 5.41) is 8.36. The van der Waals surface area contributed by atoms with Gasteiger partial charge < -0.3 is 10.1 Å². The standard InChI is InChI=1S/C29H30N4O/c1-4-5-24-18-21(6-11-26(24)20(2)3)19-34-25-9-7-22(8-10-25)27-28(23-12-14-30-15-13-23)32-33-17-16-31-29(27)33/h4,6-15,18,20,31H,1,5,16-17,19H2,2-3H3. The number of hydrogen-bond acceptors (Lipinski definition) is 4. The molecule has 1 N–H and O–H groups in total. The van der Waals surface area contributed by atoms with E-state index in [0.717, 1.165) is 53.5 Å². The summed E-state index contributed by atoms with van der Waals surface area (Å²) in [5.74, 6) is 2.42. The molecule has 0 saturated heterocycles. The predicted molar refractivity (Wildman–Crippen MR) is 138 cm³/mol. The van der Waals surface area contributed by atoms with Crippen LogP contribution in [-0.2, 0) is 19.6 Å². The first-order valence-corrected chi connectivity index (χ1v) is 11.8. The van der Waals surface area contributed by atoms with Crippen molar-refractivity contribution >= 4 is 5.82 Å². The minimum atomic E-state index is 0.495. The highest BCUT2D eigenvalue weighted by Crippen LogP contribution is 2.39. The highest BCUT2D eigenvalue weighted by atomic mass is 16.5. The minimum absolute atomic E-state index is 0.495. The van der Waals surface area contributed by atoms with Crippen molar-refractivity contribution in [1.82, 2.24) is 14.8 Å². The number of rotatable bonds is 8. The number of benzene rings is 2. The average molecular weight is 451 g/mol. The lowest BCUT2D eigenvalue weighted by molar-refractivity contribution is 0.306. The molecule has 0 amide bonds. The molecule has 0 saturated carbocycles. The number of nitrogens with one attached hydrogen (secondary N) is 1. The normalized spacial score (nSPS) is 12.4. The van der Waals surface area contributed by atoms with Crippen molar-refractivity contribution in [1.29, 1.82) is 0 Å². The molecule has 0 radical (unpaired) electrons. The maximum absolute atomic E-state index is 6.13. The van der Waals surface area contributed by atoms with Crippen LogP contribution >= 0.6 is 0 Å². The van der Waals surface area contributed by atoms with Gasteiger partial charge in [-0.3, -0.25) is 4.98 Å². The van der Waals surface area contributed by atoms with Gasteiger partial charge >= 0.3 is 0 Å². The first-order chi connectivity index (χ1) is 16.6. The van der Waals surface area contributed by atoms with E-state index >= 15 is 0 Å². The number of hydrogen-bond donors (Lipinski definition) is 1. The molecule has 5 nitrogen and oxygen atoms in total. The molecule has 1 aliphatic heterocycles. The summed E-state index contributed by atoms with van der Waals surface area (Å²) in [6.45, 7) is 10.7. The van der Waals surface area contributed by atoms with Crippen LogP contribution in [0.4, 0.5) is 5.82 Å². The summed E-state index contributed by atoms with van der Waals surface area (Å²) in [5.41, 5.74) is 8.14. The third-order valence-electron chi connectivity index (χ3n) is 6.26. The Kier molecular flexibility index (Phi) is 6.17. The summed E-state index contributed by atoms with van der Waals surface area (Å²) in [6, 6.07) is 18.9. The van der Waals surface area contributed by atoms with Crippen LogP contribution < -0.4 is 10.1 Å². The zero-order chi connectivity index (χ0) is 23.5. The Labute approximate surface area is 201 Å². The molecule has 5 rings (SSSR count). The molecule has 0 bridgehead atoms. The number of pyridine rings is 1. The molecule has 2 aromatic carbocycles. The number of aromatic nitrogens is 3. The van der Waals surface area contributed by atoms with Crippen molar-refractivity contribution < 1.29 is 4.74 Å². The summed E-state index contributed by atoms with van der Waals surface area (Å²) in [6.07, 6.45) is 6.46. The van der Waals surface area contributed by atoms with Crippen LogP contribution in [-0.4, -0.2) is 21.3 Å². The summed E-state index contributed by atoms with van der Waals surface area (Å²) in [7, 11) is 0. The molecule has 5 heteroatoms. The fraction of sp³-hybridized carbons (Fsp3) is 0.241. The van der Waals surface area contributed by atoms with Crippen LogP contribution in [0.25, 0.3) is 22.4 Å². The van der Waals surface area contributed by atoms with Gasteiger partial charge in [-0.05, 0) is 58.9 Å². The molecule has 34 heavy (non-hydrogen) atoms. The molecular weight excluding hydrogens is 420 g/mol. The highest BCUT2D eigenvalue weighted by molar-refractivity contribution is 5.89. The van der Waals surface area contributed by atoms with Crippen LogP contribution in [0.1, 0.15) is 36.5 Å². The Morgan fingerprint density at radius 1 is 1.06 bits per heavy atom. The lowest BCUT2D eigenvalue weighted by Gasteiger charge is -2.14. The second-order valence-electron chi connectivity index (χ2n) is 8.95. The van der Waals surface area contributed by atoms with E-state index in [1.54, 1.807) is 0 Å². The van der Waals surface area contributed by atoms with Crippen LogP contribution in [0, 0.1) is 0 Å². The molecule has 2 aromatic heterocycles. The zero-order valence-corrected chi connectivity index (χ0v) is 19.8. The first-order valence-electron chi connectivity index (χ1n) is 11.8. The third kappa shape index (κ3) is 4.34. The van der Waals surface area contributed by atoms with Gasteiger partial charge in [-0.1, -0.05) is 50.3 Å². The van der Waals surface area contributed by atoms with E-state index in [1.807, 2.05) is 42.7 Å². The van der Waals surface area contributed by atoms with Crippen LogP contribution in [0.2, 0.25) is 0 Å². The second kappa shape index (κ2) is 9.56. The van der Waals surface area contributed by atoms with Gasteiger partial charge in [-0.2, -0.15) is 5.10 Å². The van der Waals surface area contributed by atoms with Crippen molar-refractivity contribution in [3.05, 3.63) is 96.3 Å². The Hall–Kier alpha value is -3.86. The third-order valence-corrected chi connectivity index (χ3v) is 6.26. The largest absolute Gasteiger partial charge is 0.489 e. The molecule has 0 fully saturated rings. The zero-order valence-electron chi connectivity index (χ0n) is 19.8. The highest BCUT2D eigenvalue weighted by Gasteiger charge is 2.23. The van der Waals surface area contributed by atoms with Gasteiger partial charge in [0.25, 0.3) is 0 Å². The fourth-order valence-electron chi connectivity index (χ4n) is 4.60. The average Bonchev–Trinajstić information content (AvgIpc) is 3.45. The van der Waals surface area contributed by atoms with Gasteiger partial charge in [-0.25, -0.2) is 4.68 Å². The van der Waals surface area contributed by atoms with Gasteiger partial charge in [0.15, 0.2) is 0 Å². The minimum Gasteiger partial charge on any atom is -0.489 e. The number of fused-ring (bicyclic) bond motifs is 1. The quantitative estimate of drug-likeness (QED) is 0.313. The van der Waals surface area contributed by atoms with Crippen molar-refractivity contribution in [2.45, 2.75) is 39.3 Å². The molecule has 0 spiro atoms. The van der Waals surface area contributed by atoms with E-state index in [9.17, 15) is 0 Å². The van der Waals surface area contributed by atoms with Crippen molar-refractivity contribution in [3.8, 4) is 28.1 Å². The van der Waals surface area contributed by atoms with Gasteiger partial charge in [0.05, 0.1) is 12.1 Å². The summed E-state index contributed by atoms with van der Waals surface area (Å²) in [4.78, 5) is 4.15. The van der Waals surface area contributed by atoms with E-state index in [2.05, 4.69) is 65.7 Å². The van der Waals surface area contributed by atoms with E-state index in [-0.39, 0.29) is 0 Å². The van der Waals surface area contributed by atoms with Gasteiger partial charge in [-0.15, -0.1) is 6.58 Å². The second-order valence-corrected chi connectivity index (χ2v) is 8.95. The maximum atomic E-state index is 6.13. The van der Waals surface area contributed by atoms with Gasteiger partial charge in [0.1, 0.15) is 23.9 Å². The van der Waals surface area contributed by atoms with Crippen molar-refractivity contribution in [3.63, 3.8) is 0 Å². The molecule has 0 unspecified atom stereocenters. The van der Waals surface area contributed by atoms with Gasteiger partial charge in [0, 0.05) is 24.5 Å². The van der Waals surface area contributed by atoms with Crippen LogP contribution in [0.15, 0.2) is 79.6 Å². The Bertz CT molecular complexity index is 1290. The molecular formula is C29H30N4O. The maximum Gasteiger partial charge on any atom is 0.133 e. The Morgan fingerprint density at radius 2 is 1.85 bits per heavy atom. The SMILES string of the molecule is C=CCc1cc(COc2ccc(-c3c(-c4ccncc4)nn4c3NCC4)cc2)ccc1C(C)C. The Morgan fingerprint density at radius 3 is 2.59 bits per heavy atom. The van der Waals surface area contributed by atoms with E-state index in [1.165, 1.54) is 16.7 Å². The number of ether oxygens (including phenoxy) is 1. The predicted octanol–water partition coefficient (Wildman–Crippen LogP) is 6.47.